The van der Waals surface area contributed by atoms with Gasteiger partial charge >= 0.3 is 0 Å². The van der Waals surface area contributed by atoms with Gasteiger partial charge in [0.15, 0.2) is 11.6 Å². The van der Waals surface area contributed by atoms with Crippen LogP contribution in [-0.2, 0) is 25.0 Å². The lowest BCUT2D eigenvalue weighted by atomic mass is 9.90. The number of hydrogen-bond donors (Lipinski definition) is 2. The van der Waals surface area contributed by atoms with E-state index in [4.69, 9.17) is 4.74 Å². The van der Waals surface area contributed by atoms with E-state index in [9.17, 15) is 14.3 Å². The maximum absolute atomic E-state index is 14.2. The standard InChI is InChI=1S/C25H31FN4O3/c1-2-25(32,20-11-12-22(26)23(14-20)33-16-18-9-10-18)17-30-21(15-28-29-30)8-4-3-6-19-7-5-13-27-24(19)31/h5,7,11-15,18,32H,2-4,6,8-10,16-17H2,1H3,(H,27,31). The van der Waals surface area contributed by atoms with E-state index in [0.717, 1.165) is 43.4 Å². The molecule has 1 saturated carbocycles. The SMILES string of the molecule is CCC(O)(Cn1nncc1CCCCc1ccc[nH]c1=O)c1ccc(F)c(OCC2CC2)c1. The Bertz CT molecular complexity index is 1120. The number of nitrogens with zero attached hydrogens (tertiary/aromatic N) is 3. The van der Waals surface area contributed by atoms with Gasteiger partial charge in [-0.3, -0.25) is 4.79 Å². The third-order valence-corrected chi connectivity index (χ3v) is 6.36. The number of hydrogen-bond acceptors (Lipinski definition) is 5. The molecule has 3 aromatic rings. The van der Waals surface area contributed by atoms with Gasteiger partial charge in [-0.1, -0.05) is 24.3 Å². The maximum atomic E-state index is 14.2. The molecule has 1 atom stereocenters. The lowest BCUT2D eigenvalue weighted by molar-refractivity contribution is 0.00941. The summed E-state index contributed by atoms with van der Waals surface area (Å²) in [5.41, 5.74) is 1.01. The van der Waals surface area contributed by atoms with Crippen LogP contribution in [-0.4, -0.2) is 31.7 Å². The van der Waals surface area contributed by atoms with Gasteiger partial charge in [0.1, 0.15) is 5.60 Å². The molecule has 2 heterocycles. The van der Waals surface area contributed by atoms with Crippen molar-refractivity contribution < 1.29 is 14.2 Å². The van der Waals surface area contributed by atoms with E-state index in [1.807, 2.05) is 19.1 Å². The highest BCUT2D eigenvalue weighted by Crippen LogP contribution is 2.33. The van der Waals surface area contributed by atoms with Crippen molar-refractivity contribution in [1.82, 2.24) is 20.0 Å². The van der Waals surface area contributed by atoms with Crippen LogP contribution in [0.15, 0.2) is 47.5 Å². The molecule has 176 valence electrons. The van der Waals surface area contributed by atoms with Gasteiger partial charge in [-0.05, 0) is 74.6 Å². The second kappa shape index (κ2) is 10.3. The smallest absolute Gasteiger partial charge is 0.251 e. The quantitative estimate of drug-likeness (QED) is 0.407. The van der Waals surface area contributed by atoms with Crippen molar-refractivity contribution in [2.45, 2.75) is 64.0 Å². The number of ether oxygens (including phenoxy) is 1. The molecule has 4 rings (SSSR count). The Morgan fingerprint density at radius 1 is 1.27 bits per heavy atom. The molecule has 0 amide bonds. The Balaban J connectivity index is 1.40. The molecule has 1 aromatic carbocycles. The highest BCUT2D eigenvalue weighted by molar-refractivity contribution is 5.34. The third-order valence-electron chi connectivity index (χ3n) is 6.36. The summed E-state index contributed by atoms with van der Waals surface area (Å²) >= 11 is 0. The van der Waals surface area contributed by atoms with Gasteiger partial charge in [0.05, 0.1) is 25.0 Å². The van der Waals surface area contributed by atoms with Gasteiger partial charge in [0.2, 0.25) is 0 Å². The fourth-order valence-electron chi connectivity index (χ4n) is 3.93. The molecule has 2 aromatic heterocycles. The minimum absolute atomic E-state index is 0.0444. The number of nitrogens with one attached hydrogen (secondary N) is 1. The molecule has 8 heteroatoms. The molecule has 0 bridgehead atoms. The number of aliphatic hydroxyl groups is 1. The number of pyridine rings is 1. The van der Waals surface area contributed by atoms with Crippen molar-refractivity contribution in [3.63, 3.8) is 0 Å². The molecule has 0 aliphatic heterocycles. The van der Waals surface area contributed by atoms with Crippen LogP contribution in [0.2, 0.25) is 0 Å². The van der Waals surface area contributed by atoms with Gasteiger partial charge in [0.25, 0.3) is 5.56 Å². The molecule has 1 aliphatic carbocycles. The number of aromatic nitrogens is 4. The van der Waals surface area contributed by atoms with Crippen LogP contribution in [0.5, 0.6) is 5.75 Å². The lowest BCUT2D eigenvalue weighted by Gasteiger charge is -2.28. The van der Waals surface area contributed by atoms with E-state index in [1.165, 1.54) is 6.07 Å². The minimum atomic E-state index is -1.23. The molecule has 33 heavy (non-hydrogen) atoms. The van der Waals surface area contributed by atoms with Crippen LogP contribution >= 0.6 is 0 Å². The molecule has 1 fully saturated rings. The van der Waals surface area contributed by atoms with E-state index < -0.39 is 11.4 Å². The third kappa shape index (κ3) is 5.87. The Morgan fingerprint density at radius 2 is 2.09 bits per heavy atom. The van der Waals surface area contributed by atoms with Crippen molar-refractivity contribution in [1.29, 1.82) is 0 Å². The second-order valence-electron chi connectivity index (χ2n) is 8.90. The van der Waals surface area contributed by atoms with Gasteiger partial charge in [0, 0.05) is 11.8 Å². The van der Waals surface area contributed by atoms with Crippen molar-refractivity contribution >= 4 is 0 Å². The zero-order valence-electron chi connectivity index (χ0n) is 19.0. The van der Waals surface area contributed by atoms with Crippen LogP contribution in [0.3, 0.4) is 0 Å². The summed E-state index contributed by atoms with van der Waals surface area (Å²) in [6.07, 6.45) is 9.17. The predicted molar refractivity (Wildman–Crippen MR) is 123 cm³/mol. The van der Waals surface area contributed by atoms with Crippen molar-refractivity contribution in [3.8, 4) is 5.75 Å². The Hall–Kier alpha value is -3.00. The molecule has 1 aliphatic rings. The Kier molecular flexibility index (Phi) is 7.23. The fourth-order valence-corrected chi connectivity index (χ4v) is 3.93. The van der Waals surface area contributed by atoms with Gasteiger partial charge in [-0.2, -0.15) is 0 Å². The molecular formula is C25H31FN4O3. The number of aromatic amines is 1. The molecule has 0 radical (unpaired) electrons. The van der Waals surface area contributed by atoms with Crippen LogP contribution in [0, 0.1) is 11.7 Å². The van der Waals surface area contributed by atoms with Crippen LogP contribution in [0.4, 0.5) is 4.39 Å². The first-order valence-electron chi connectivity index (χ1n) is 11.7. The number of aryl methyl sites for hydroxylation is 2. The Morgan fingerprint density at radius 3 is 2.85 bits per heavy atom. The Labute approximate surface area is 192 Å². The maximum Gasteiger partial charge on any atom is 0.251 e. The van der Waals surface area contributed by atoms with Crippen molar-refractivity contribution in [2.75, 3.05) is 6.61 Å². The average molecular weight is 455 g/mol. The zero-order valence-corrected chi connectivity index (χ0v) is 19.0. The van der Waals surface area contributed by atoms with Gasteiger partial charge in [-0.15, -0.1) is 5.10 Å². The molecule has 0 spiro atoms. The van der Waals surface area contributed by atoms with Crippen LogP contribution in [0.25, 0.3) is 0 Å². The van der Waals surface area contributed by atoms with E-state index in [2.05, 4.69) is 15.3 Å². The largest absolute Gasteiger partial charge is 0.490 e. The van der Waals surface area contributed by atoms with E-state index in [-0.39, 0.29) is 17.9 Å². The van der Waals surface area contributed by atoms with Crippen molar-refractivity contribution in [2.24, 2.45) is 5.92 Å². The van der Waals surface area contributed by atoms with Crippen LogP contribution in [0.1, 0.15) is 55.8 Å². The van der Waals surface area contributed by atoms with Gasteiger partial charge < -0.3 is 14.8 Å². The monoisotopic (exact) mass is 454 g/mol. The number of rotatable bonds is 12. The molecular weight excluding hydrogens is 423 g/mol. The van der Waals surface area contributed by atoms with Crippen LogP contribution < -0.4 is 10.3 Å². The summed E-state index contributed by atoms with van der Waals surface area (Å²) in [7, 11) is 0. The average Bonchev–Trinajstić information content (AvgIpc) is 3.55. The number of H-pyrrole nitrogens is 1. The summed E-state index contributed by atoms with van der Waals surface area (Å²) in [6, 6.07) is 8.24. The minimum Gasteiger partial charge on any atom is -0.490 e. The van der Waals surface area contributed by atoms with E-state index in [0.29, 0.717) is 30.9 Å². The second-order valence-corrected chi connectivity index (χ2v) is 8.90. The fraction of sp³-hybridized carbons (Fsp3) is 0.480. The summed E-state index contributed by atoms with van der Waals surface area (Å²) in [5.74, 6) is 0.272. The molecule has 0 saturated heterocycles. The number of benzene rings is 1. The van der Waals surface area contributed by atoms with Gasteiger partial charge in [-0.25, -0.2) is 9.07 Å². The first-order chi connectivity index (χ1) is 16.0. The van der Waals surface area contributed by atoms with Crippen molar-refractivity contribution in [3.05, 3.63) is 75.7 Å². The lowest BCUT2D eigenvalue weighted by Crippen LogP contribution is -2.32. The molecule has 1 unspecified atom stereocenters. The van der Waals surface area contributed by atoms with E-state index in [1.54, 1.807) is 29.2 Å². The summed E-state index contributed by atoms with van der Waals surface area (Å²) < 4.78 is 21.6. The summed E-state index contributed by atoms with van der Waals surface area (Å²) in [4.78, 5) is 14.5. The summed E-state index contributed by atoms with van der Waals surface area (Å²) in [6.45, 7) is 2.61. The highest BCUT2D eigenvalue weighted by atomic mass is 19.1. The molecule has 7 nitrogen and oxygen atoms in total. The zero-order chi connectivity index (χ0) is 23.3. The predicted octanol–water partition coefficient (Wildman–Crippen LogP) is 3.76. The normalized spacial score (nSPS) is 15.4. The first kappa shape index (κ1) is 23.2. The highest BCUT2D eigenvalue weighted by Gasteiger charge is 2.31. The number of halogens is 1. The molecule has 2 N–H and O–H groups in total. The first-order valence-corrected chi connectivity index (χ1v) is 11.7. The summed E-state index contributed by atoms with van der Waals surface area (Å²) in [5, 5.41) is 19.7. The van der Waals surface area contributed by atoms with E-state index >= 15 is 0 Å². The topological polar surface area (TPSA) is 93.0 Å². The number of unbranched alkanes of at least 4 members (excludes halogenated alkanes) is 1.